The minimum Gasteiger partial charge on any atom is -0.487 e. The normalized spacial score (nSPS) is 22.3. The molecule has 0 spiro atoms. The average molecular weight is 285 g/mol. The van der Waals surface area contributed by atoms with Crippen LogP contribution < -0.4 is 10.1 Å². The average Bonchev–Trinajstić information content (AvgIpc) is 2.45. The molecule has 1 heterocycles. The molecule has 0 amide bonds. The zero-order chi connectivity index (χ0) is 15.3. The van der Waals surface area contributed by atoms with E-state index in [2.05, 4.69) is 21.4 Å². The predicted octanol–water partition coefficient (Wildman–Crippen LogP) is 3.26. The second-order valence-electron chi connectivity index (χ2n) is 5.79. The predicted molar refractivity (Wildman–Crippen MR) is 79.7 cm³/mol. The van der Waals surface area contributed by atoms with Crippen molar-refractivity contribution in [2.24, 2.45) is 5.11 Å². The molecule has 0 aromatic heterocycles. The molecule has 0 aliphatic carbocycles. The van der Waals surface area contributed by atoms with E-state index >= 15 is 0 Å². The Morgan fingerprint density at radius 1 is 1.48 bits per heavy atom. The molecule has 6 heteroatoms. The molecule has 1 aromatic carbocycles. The van der Waals surface area contributed by atoms with E-state index in [1.54, 1.807) is 0 Å². The quantitative estimate of drug-likeness (QED) is 0.389. The summed E-state index contributed by atoms with van der Waals surface area (Å²) in [5, 5.41) is 16.6. The van der Waals surface area contributed by atoms with Crippen LogP contribution in [0.2, 0.25) is 0 Å². The molecule has 1 unspecified atom stereocenters. The largest absolute Gasteiger partial charge is 0.487 e. The highest BCUT2D eigenvalue weighted by atomic mass is 16.5. The number of nitrogens with zero attached hydrogens (tertiary/aromatic N) is 4. The minimum atomic E-state index is -0.769. The van der Waals surface area contributed by atoms with Crippen LogP contribution in [0.15, 0.2) is 29.4 Å². The van der Waals surface area contributed by atoms with Crippen LogP contribution in [0.5, 0.6) is 5.75 Å². The molecule has 6 nitrogen and oxygen atoms in total. The van der Waals surface area contributed by atoms with Gasteiger partial charge in [-0.15, -0.1) is 0 Å². The summed E-state index contributed by atoms with van der Waals surface area (Å²) in [6, 6.07) is 10.1. The van der Waals surface area contributed by atoms with Crippen LogP contribution in [0.1, 0.15) is 32.3 Å². The summed E-state index contributed by atoms with van der Waals surface area (Å²) in [5.41, 5.74) is 7.97. The Balaban J connectivity index is 2.24. The Bertz CT molecular complexity index is 600. The Labute approximate surface area is 124 Å². The number of ether oxygens (including phenoxy) is 1. The summed E-state index contributed by atoms with van der Waals surface area (Å²) < 4.78 is 5.96. The van der Waals surface area contributed by atoms with E-state index in [1.807, 2.05) is 38.1 Å². The molecule has 0 saturated carbocycles. The number of fused-ring (bicyclic) bond motifs is 1. The van der Waals surface area contributed by atoms with Crippen LogP contribution in [0, 0.1) is 11.3 Å². The van der Waals surface area contributed by atoms with Crippen LogP contribution in [0.25, 0.3) is 10.4 Å². The van der Waals surface area contributed by atoms with Crippen LogP contribution in [-0.2, 0) is 5.54 Å². The van der Waals surface area contributed by atoms with Gasteiger partial charge in [-0.3, -0.25) is 5.32 Å². The van der Waals surface area contributed by atoms with Crippen molar-refractivity contribution < 1.29 is 4.74 Å². The molecule has 0 fully saturated rings. The molecule has 110 valence electrons. The summed E-state index contributed by atoms with van der Waals surface area (Å²) in [6.45, 7) is 5.00. The van der Waals surface area contributed by atoms with Gasteiger partial charge in [0.15, 0.2) is 0 Å². The highest BCUT2D eigenvalue weighted by Crippen LogP contribution is 2.43. The number of benzene rings is 1. The van der Waals surface area contributed by atoms with Gasteiger partial charge in [0.1, 0.15) is 16.9 Å². The lowest BCUT2D eigenvalue weighted by Gasteiger charge is -2.42. The molecule has 2 rings (SSSR count). The van der Waals surface area contributed by atoms with Crippen molar-refractivity contribution >= 4 is 0 Å². The summed E-state index contributed by atoms with van der Waals surface area (Å²) in [4.78, 5) is 2.73. The van der Waals surface area contributed by atoms with Gasteiger partial charge >= 0.3 is 0 Å². The maximum atomic E-state index is 9.77. The number of rotatable bonds is 5. The Morgan fingerprint density at radius 3 is 2.95 bits per heavy atom. The van der Waals surface area contributed by atoms with Crippen molar-refractivity contribution in [2.45, 2.75) is 37.8 Å². The summed E-state index contributed by atoms with van der Waals surface area (Å²) in [6.07, 6.45) is 1.26. The van der Waals surface area contributed by atoms with Crippen LogP contribution in [0.4, 0.5) is 0 Å². The first-order valence-corrected chi connectivity index (χ1v) is 6.99. The van der Waals surface area contributed by atoms with Crippen molar-refractivity contribution in [1.82, 2.24) is 5.32 Å². The second kappa shape index (κ2) is 6.04. The van der Waals surface area contributed by atoms with Crippen LogP contribution >= 0.6 is 0 Å². The molecule has 0 saturated heterocycles. The van der Waals surface area contributed by atoms with E-state index in [0.717, 1.165) is 11.3 Å². The molecular formula is C15H19N5O. The number of hydrogen-bond acceptors (Lipinski definition) is 4. The smallest absolute Gasteiger partial charge is 0.139 e. The van der Waals surface area contributed by atoms with E-state index in [4.69, 9.17) is 10.3 Å². The van der Waals surface area contributed by atoms with E-state index in [-0.39, 0.29) is 0 Å². The molecule has 0 radical (unpaired) electrons. The van der Waals surface area contributed by atoms with E-state index < -0.39 is 11.1 Å². The second-order valence-corrected chi connectivity index (χ2v) is 5.79. The first-order valence-electron chi connectivity index (χ1n) is 6.99. The standard InChI is InChI=1S/C15H19N5O/c1-14(2)10-15(11-16,18-8-5-9-19-20-17)12-6-3-4-7-13(12)21-14/h3-4,6-7,18H,5,8-10H2,1-2H3. The first-order chi connectivity index (χ1) is 10.0. The van der Waals surface area contributed by atoms with Crippen LogP contribution in [0.3, 0.4) is 0 Å². The zero-order valence-electron chi connectivity index (χ0n) is 12.3. The van der Waals surface area contributed by atoms with Gasteiger partial charge in [-0.1, -0.05) is 23.3 Å². The van der Waals surface area contributed by atoms with E-state index in [1.165, 1.54) is 0 Å². The van der Waals surface area contributed by atoms with Gasteiger partial charge in [-0.05, 0) is 38.4 Å². The third-order valence-corrected chi connectivity index (χ3v) is 3.54. The fraction of sp³-hybridized carbons (Fsp3) is 0.533. The lowest BCUT2D eigenvalue weighted by Crippen LogP contribution is -2.51. The lowest BCUT2D eigenvalue weighted by atomic mass is 9.78. The third kappa shape index (κ3) is 3.27. The van der Waals surface area contributed by atoms with Crippen LogP contribution in [-0.4, -0.2) is 18.7 Å². The van der Waals surface area contributed by atoms with Gasteiger partial charge in [0.05, 0.1) is 6.07 Å². The molecule has 1 atom stereocenters. The van der Waals surface area contributed by atoms with Crippen molar-refractivity contribution in [3.8, 4) is 11.8 Å². The van der Waals surface area contributed by atoms with Gasteiger partial charge in [0.25, 0.3) is 0 Å². The summed E-state index contributed by atoms with van der Waals surface area (Å²) in [5.74, 6) is 0.748. The van der Waals surface area contributed by atoms with Gasteiger partial charge in [0, 0.05) is 23.4 Å². The van der Waals surface area contributed by atoms with E-state index in [0.29, 0.717) is 25.9 Å². The molecule has 21 heavy (non-hydrogen) atoms. The number of para-hydroxylation sites is 1. The first kappa shape index (κ1) is 15.2. The zero-order valence-corrected chi connectivity index (χ0v) is 12.3. The topological polar surface area (TPSA) is 93.8 Å². The maximum absolute atomic E-state index is 9.77. The molecule has 1 N–H and O–H groups in total. The maximum Gasteiger partial charge on any atom is 0.139 e. The Morgan fingerprint density at radius 2 is 2.24 bits per heavy atom. The molecule has 1 aromatic rings. The monoisotopic (exact) mass is 285 g/mol. The lowest BCUT2D eigenvalue weighted by molar-refractivity contribution is 0.0492. The minimum absolute atomic E-state index is 0.415. The van der Waals surface area contributed by atoms with Crippen molar-refractivity contribution in [3.05, 3.63) is 40.3 Å². The number of nitrogens with one attached hydrogen (secondary N) is 1. The van der Waals surface area contributed by atoms with Crippen molar-refractivity contribution in [2.75, 3.05) is 13.1 Å². The van der Waals surface area contributed by atoms with Crippen molar-refractivity contribution in [1.29, 1.82) is 5.26 Å². The molecule has 0 bridgehead atoms. The fourth-order valence-corrected chi connectivity index (χ4v) is 2.77. The molecule has 1 aliphatic rings. The molecule has 1 aliphatic heterocycles. The number of nitriles is 1. The Hall–Kier alpha value is -2.22. The van der Waals surface area contributed by atoms with E-state index in [9.17, 15) is 5.26 Å². The number of azide groups is 1. The Kier molecular flexibility index (Phi) is 4.37. The van der Waals surface area contributed by atoms with Gasteiger partial charge in [-0.25, -0.2) is 0 Å². The van der Waals surface area contributed by atoms with Crippen molar-refractivity contribution in [3.63, 3.8) is 0 Å². The van der Waals surface area contributed by atoms with Gasteiger partial charge < -0.3 is 4.74 Å². The molecular weight excluding hydrogens is 266 g/mol. The SMILES string of the molecule is CC1(C)CC(C#N)(NCCCN=[N+]=[N-])c2ccccc2O1. The highest BCUT2D eigenvalue weighted by molar-refractivity contribution is 5.46. The number of hydrogen-bond donors (Lipinski definition) is 1. The highest BCUT2D eigenvalue weighted by Gasteiger charge is 2.45. The fourth-order valence-electron chi connectivity index (χ4n) is 2.77. The summed E-state index contributed by atoms with van der Waals surface area (Å²) >= 11 is 0. The van der Waals surface area contributed by atoms with Gasteiger partial charge in [-0.2, -0.15) is 5.26 Å². The third-order valence-electron chi connectivity index (χ3n) is 3.54. The summed E-state index contributed by atoms with van der Waals surface area (Å²) in [7, 11) is 0. The van der Waals surface area contributed by atoms with Gasteiger partial charge in [0.2, 0.25) is 0 Å².